The molecular weight excluding hydrogens is 182 g/mol. The predicted molar refractivity (Wildman–Crippen MR) is 52.8 cm³/mol. The van der Waals surface area contributed by atoms with Gasteiger partial charge in [-0.25, -0.2) is 0 Å². The molecule has 80 valence electrons. The summed E-state index contributed by atoms with van der Waals surface area (Å²) in [7, 11) is 0. The van der Waals surface area contributed by atoms with Crippen LogP contribution >= 0.6 is 0 Å². The average Bonchev–Trinajstić information content (AvgIpc) is 2.17. The van der Waals surface area contributed by atoms with E-state index >= 15 is 0 Å². The molecule has 0 bridgehead atoms. The van der Waals surface area contributed by atoms with E-state index in [1.54, 1.807) is 13.0 Å². The van der Waals surface area contributed by atoms with Crippen LogP contribution in [0.3, 0.4) is 0 Å². The Hall–Kier alpha value is -0.870. The van der Waals surface area contributed by atoms with Crippen molar-refractivity contribution in [1.82, 2.24) is 5.32 Å². The van der Waals surface area contributed by atoms with Crippen LogP contribution in [0.4, 0.5) is 0 Å². The third-order valence-electron chi connectivity index (χ3n) is 2.33. The highest BCUT2D eigenvalue weighted by atomic mass is 16.5. The molecule has 0 aliphatic carbocycles. The highest BCUT2D eigenvalue weighted by Crippen LogP contribution is 2.18. The second-order valence-electron chi connectivity index (χ2n) is 3.55. The smallest absolute Gasteiger partial charge is 0.243 e. The van der Waals surface area contributed by atoms with Crippen molar-refractivity contribution in [2.75, 3.05) is 19.8 Å². The molecule has 4 nitrogen and oxygen atoms in total. The minimum Gasteiger partial charge on any atom is -0.388 e. The summed E-state index contributed by atoms with van der Waals surface area (Å²) in [6.45, 7) is 3.22. The molecule has 1 rings (SSSR count). The van der Waals surface area contributed by atoms with E-state index in [4.69, 9.17) is 4.74 Å². The fourth-order valence-corrected chi connectivity index (χ4v) is 1.39. The van der Waals surface area contributed by atoms with Gasteiger partial charge in [0.1, 0.15) is 0 Å². The van der Waals surface area contributed by atoms with Gasteiger partial charge in [0.2, 0.25) is 5.91 Å². The van der Waals surface area contributed by atoms with Crippen LogP contribution in [0.2, 0.25) is 0 Å². The summed E-state index contributed by atoms with van der Waals surface area (Å²) < 4.78 is 5.13. The lowest BCUT2D eigenvalue weighted by Crippen LogP contribution is -2.46. The first-order valence-electron chi connectivity index (χ1n) is 4.87. The molecule has 0 aromatic carbocycles. The first-order valence-corrected chi connectivity index (χ1v) is 4.87. The van der Waals surface area contributed by atoms with E-state index in [9.17, 15) is 9.90 Å². The summed E-state index contributed by atoms with van der Waals surface area (Å²) in [6.07, 6.45) is 4.29. The number of rotatable bonds is 3. The maximum absolute atomic E-state index is 11.1. The quantitative estimate of drug-likeness (QED) is 0.639. The monoisotopic (exact) mass is 199 g/mol. The fraction of sp³-hybridized carbons (Fsp3) is 0.700. The molecule has 1 aliphatic heterocycles. The zero-order valence-electron chi connectivity index (χ0n) is 8.45. The van der Waals surface area contributed by atoms with E-state index in [0.29, 0.717) is 32.6 Å². The normalized spacial score (nSPS) is 21.0. The van der Waals surface area contributed by atoms with Crippen LogP contribution in [-0.2, 0) is 9.53 Å². The van der Waals surface area contributed by atoms with E-state index in [2.05, 4.69) is 5.32 Å². The molecule has 0 aromatic rings. The van der Waals surface area contributed by atoms with Crippen molar-refractivity contribution in [3.63, 3.8) is 0 Å². The lowest BCUT2D eigenvalue weighted by atomic mass is 9.94. The Morgan fingerprint density at radius 1 is 1.57 bits per heavy atom. The SMILES string of the molecule is CC=CC(=O)NCC1(O)CCOCC1. The lowest BCUT2D eigenvalue weighted by molar-refractivity contribution is -0.119. The number of nitrogens with one attached hydrogen (secondary N) is 1. The maximum Gasteiger partial charge on any atom is 0.243 e. The van der Waals surface area contributed by atoms with Gasteiger partial charge >= 0.3 is 0 Å². The molecule has 1 saturated heterocycles. The van der Waals surface area contributed by atoms with Crippen LogP contribution in [0.25, 0.3) is 0 Å². The van der Waals surface area contributed by atoms with Crippen LogP contribution in [0.5, 0.6) is 0 Å². The summed E-state index contributed by atoms with van der Waals surface area (Å²) in [5, 5.41) is 12.6. The Balaban J connectivity index is 2.31. The Kier molecular flexibility index (Phi) is 4.10. The Bertz CT molecular complexity index is 219. The van der Waals surface area contributed by atoms with E-state index < -0.39 is 5.60 Å². The minimum atomic E-state index is -0.782. The molecule has 14 heavy (non-hydrogen) atoms. The third kappa shape index (κ3) is 3.47. The largest absolute Gasteiger partial charge is 0.388 e. The molecular formula is C10H17NO3. The van der Waals surface area contributed by atoms with Gasteiger partial charge in [0, 0.05) is 32.6 Å². The van der Waals surface area contributed by atoms with Crippen molar-refractivity contribution in [2.24, 2.45) is 0 Å². The first kappa shape index (κ1) is 11.2. The maximum atomic E-state index is 11.1. The second-order valence-corrected chi connectivity index (χ2v) is 3.55. The van der Waals surface area contributed by atoms with Gasteiger partial charge in [-0.15, -0.1) is 0 Å². The highest BCUT2D eigenvalue weighted by Gasteiger charge is 2.29. The van der Waals surface area contributed by atoms with Crippen LogP contribution in [-0.4, -0.2) is 36.4 Å². The average molecular weight is 199 g/mol. The minimum absolute atomic E-state index is 0.160. The van der Waals surface area contributed by atoms with Gasteiger partial charge in [-0.3, -0.25) is 4.79 Å². The van der Waals surface area contributed by atoms with Gasteiger partial charge in [0.05, 0.1) is 5.60 Å². The molecule has 4 heteroatoms. The van der Waals surface area contributed by atoms with Crippen molar-refractivity contribution in [3.05, 3.63) is 12.2 Å². The van der Waals surface area contributed by atoms with Crippen molar-refractivity contribution >= 4 is 5.91 Å². The molecule has 1 heterocycles. The van der Waals surface area contributed by atoms with Gasteiger partial charge in [0.25, 0.3) is 0 Å². The topological polar surface area (TPSA) is 58.6 Å². The number of allylic oxidation sites excluding steroid dienone is 1. The molecule has 0 spiro atoms. The van der Waals surface area contributed by atoms with Crippen molar-refractivity contribution < 1.29 is 14.6 Å². The molecule has 0 atom stereocenters. The predicted octanol–water partition coefficient (Wildman–Crippen LogP) is 0.220. The lowest BCUT2D eigenvalue weighted by Gasteiger charge is -2.31. The standard InChI is InChI=1S/C10H17NO3/c1-2-3-9(12)11-8-10(13)4-6-14-7-5-10/h2-3,13H,4-8H2,1H3,(H,11,12). The number of amides is 1. The summed E-state index contributed by atoms with van der Waals surface area (Å²) in [5.41, 5.74) is -0.782. The first-order chi connectivity index (χ1) is 6.66. The number of hydrogen-bond donors (Lipinski definition) is 2. The Morgan fingerprint density at radius 3 is 2.79 bits per heavy atom. The van der Waals surface area contributed by atoms with Crippen molar-refractivity contribution in [1.29, 1.82) is 0 Å². The second kappa shape index (κ2) is 5.12. The van der Waals surface area contributed by atoms with Crippen molar-refractivity contribution in [3.8, 4) is 0 Å². The molecule has 0 radical (unpaired) electrons. The number of carbonyl (C=O) groups excluding carboxylic acids is 1. The number of aliphatic hydroxyl groups is 1. The number of ether oxygens (including phenoxy) is 1. The van der Waals surface area contributed by atoms with E-state index in [1.807, 2.05) is 0 Å². The molecule has 2 N–H and O–H groups in total. The molecule has 0 saturated carbocycles. The molecule has 1 amide bonds. The molecule has 0 unspecified atom stereocenters. The third-order valence-corrected chi connectivity index (χ3v) is 2.33. The van der Waals surface area contributed by atoms with Crippen LogP contribution in [0.15, 0.2) is 12.2 Å². The van der Waals surface area contributed by atoms with E-state index in [-0.39, 0.29) is 5.91 Å². The van der Waals surface area contributed by atoms with Gasteiger partial charge in [-0.05, 0) is 13.0 Å². The zero-order valence-corrected chi connectivity index (χ0v) is 8.45. The fourth-order valence-electron chi connectivity index (χ4n) is 1.39. The molecule has 1 aliphatic rings. The zero-order chi connectivity index (χ0) is 10.4. The Labute approximate surface area is 83.9 Å². The van der Waals surface area contributed by atoms with Gasteiger partial charge < -0.3 is 15.2 Å². The highest BCUT2D eigenvalue weighted by molar-refractivity contribution is 5.87. The molecule has 0 aromatic heterocycles. The Morgan fingerprint density at radius 2 is 2.21 bits per heavy atom. The van der Waals surface area contributed by atoms with Gasteiger partial charge in [-0.2, -0.15) is 0 Å². The number of hydrogen-bond acceptors (Lipinski definition) is 3. The summed E-state index contributed by atoms with van der Waals surface area (Å²) in [5.74, 6) is -0.160. The van der Waals surface area contributed by atoms with E-state index in [1.165, 1.54) is 6.08 Å². The van der Waals surface area contributed by atoms with Crippen LogP contribution < -0.4 is 5.32 Å². The van der Waals surface area contributed by atoms with E-state index in [0.717, 1.165) is 0 Å². The van der Waals surface area contributed by atoms with Crippen molar-refractivity contribution in [2.45, 2.75) is 25.4 Å². The number of carbonyl (C=O) groups is 1. The van der Waals surface area contributed by atoms with Gasteiger partial charge in [0.15, 0.2) is 0 Å². The summed E-state index contributed by atoms with van der Waals surface area (Å²) in [4.78, 5) is 11.1. The van der Waals surface area contributed by atoms with Crippen LogP contribution in [0.1, 0.15) is 19.8 Å². The molecule has 1 fully saturated rings. The van der Waals surface area contributed by atoms with Crippen LogP contribution in [0, 0.1) is 0 Å². The summed E-state index contributed by atoms with van der Waals surface area (Å²) in [6, 6.07) is 0. The van der Waals surface area contributed by atoms with Gasteiger partial charge in [-0.1, -0.05) is 6.08 Å². The summed E-state index contributed by atoms with van der Waals surface area (Å²) >= 11 is 0.